The fourth-order valence-corrected chi connectivity index (χ4v) is 5.26. The van der Waals surface area contributed by atoms with E-state index >= 15 is 0 Å². The van der Waals surface area contributed by atoms with Crippen molar-refractivity contribution in [1.82, 2.24) is 19.6 Å². The Bertz CT molecular complexity index is 1340. The molecule has 182 valence electrons. The van der Waals surface area contributed by atoms with Gasteiger partial charge in [-0.2, -0.15) is 9.61 Å². The number of rotatable bonds is 5. The number of aryl methyl sites for hydroxylation is 1. The zero-order chi connectivity index (χ0) is 24.7. The smallest absolute Gasteiger partial charge is 0.229 e. The largest absolute Gasteiger partial charge is 0.380 e. The summed E-state index contributed by atoms with van der Waals surface area (Å²) in [6.07, 6.45) is 6.92. The lowest BCUT2D eigenvalue weighted by Crippen LogP contribution is -2.45. The minimum Gasteiger partial charge on any atom is -0.380 e. The third-order valence-electron chi connectivity index (χ3n) is 6.84. The summed E-state index contributed by atoms with van der Waals surface area (Å²) < 4.78 is 36.3. The van der Waals surface area contributed by atoms with Gasteiger partial charge in [-0.15, -0.1) is 0 Å². The molecule has 4 aromatic rings. The molecule has 0 bridgehead atoms. The highest BCUT2D eigenvalue weighted by molar-refractivity contribution is 5.66. The molecule has 5 rings (SSSR count). The van der Waals surface area contributed by atoms with Gasteiger partial charge in [-0.05, 0) is 73.1 Å². The SMILES string of the molecule is COC1C(C)CC(c2ccncc2Nc2ncc3ccc(-c4c(F)cc(C)cc4F)nn23)CC1N. The molecule has 3 aromatic heterocycles. The van der Waals surface area contributed by atoms with Crippen molar-refractivity contribution in [1.29, 1.82) is 0 Å². The lowest BCUT2D eigenvalue weighted by atomic mass is 9.74. The van der Waals surface area contributed by atoms with Crippen molar-refractivity contribution in [3.05, 3.63) is 71.7 Å². The van der Waals surface area contributed by atoms with Crippen molar-refractivity contribution in [2.45, 2.75) is 44.8 Å². The second-order valence-electron chi connectivity index (χ2n) is 9.34. The number of nitrogens with zero attached hydrogens (tertiary/aromatic N) is 4. The maximum atomic E-state index is 14.6. The van der Waals surface area contributed by atoms with Gasteiger partial charge in [-0.1, -0.05) is 6.92 Å². The van der Waals surface area contributed by atoms with Gasteiger partial charge < -0.3 is 15.8 Å². The molecule has 0 spiro atoms. The second-order valence-corrected chi connectivity index (χ2v) is 9.34. The molecule has 0 saturated heterocycles. The van der Waals surface area contributed by atoms with E-state index in [0.717, 1.165) is 24.1 Å². The van der Waals surface area contributed by atoms with Crippen LogP contribution in [0, 0.1) is 24.5 Å². The van der Waals surface area contributed by atoms with Crippen LogP contribution in [0.1, 0.15) is 36.8 Å². The molecule has 0 radical (unpaired) electrons. The Morgan fingerprint density at radius 2 is 1.89 bits per heavy atom. The van der Waals surface area contributed by atoms with Gasteiger partial charge in [0.2, 0.25) is 5.95 Å². The van der Waals surface area contributed by atoms with Crippen LogP contribution in [0.15, 0.2) is 48.9 Å². The summed E-state index contributed by atoms with van der Waals surface area (Å²) in [5, 5.41) is 7.83. The van der Waals surface area contributed by atoms with Crippen LogP contribution in [-0.4, -0.2) is 38.8 Å². The third kappa shape index (κ3) is 4.37. The number of benzene rings is 1. The number of pyridine rings is 1. The monoisotopic (exact) mass is 478 g/mol. The summed E-state index contributed by atoms with van der Waals surface area (Å²) in [7, 11) is 1.71. The summed E-state index contributed by atoms with van der Waals surface area (Å²) in [4.78, 5) is 8.75. The lowest BCUT2D eigenvalue weighted by Gasteiger charge is -2.38. The van der Waals surface area contributed by atoms with Crippen molar-refractivity contribution in [3.63, 3.8) is 0 Å². The van der Waals surface area contributed by atoms with Gasteiger partial charge in [0.15, 0.2) is 0 Å². The molecule has 1 aromatic carbocycles. The molecule has 1 fully saturated rings. The predicted octanol–water partition coefficient (Wildman–Crippen LogP) is 4.98. The molecule has 7 nitrogen and oxygen atoms in total. The number of aromatic nitrogens is 4. The van der Waals surface area contributed by atoms with Crippen molar-refractivity contribution >= 4 is 17.2 Å². The number of nitrogens with one attached hydrogen (secondary N) is 1. The second kappa shape index (κ2) is 9.31. The fourth-order valence-electron chi connectivity index (χ4n) is 5.26. The zero-order valence-corrected chi connectivity index (χ0v) is 19.9. The summed E-state index contributed by atoms with van der Waals surface area (Å²) >= 11 is 0. The zero-order valence-electron chi connectivity index (χ0n) is 19.9. The Labute approximate surface area is 202 Å². The number of nitrogens with two attached hydrogens (primary N) is 1. The van der Waals surface area contributed by atoms with Crippen LogP contribution in [0.4, 0.5) is 20.4 Å². The Morgan fingerprint density at radius 1 is 1.11 bits per heavy atom. The van der Waals surface area contributed by atoms with Gasteiger partial charge in [0.25, 0.3) is 0 Å². The number of methoxy groups -OCH3 is 1. The summed E-state index contributed by atoms with van der Waals surface area (Å²) in [5.41, 5.74) is 9.50. The van der Waals surface area contributed by atoms with Crippen molar-refractivity contribution in [2.24, 2.45) is 11.7 Å². The first kappa shape index (κ1) is 23.3. The molecule has 3 N–H and O–H groups in total. The van der Waals surface area contributed by atoms with E-state index in [1.54, 1.807) is 49.3 Å². The molecule has 0 amide bonds. The van der Waals surface area contributed by atoms with E-state index in [1.807, 2.05) is 6.07 Å². The molecule has 1 saturated carbocycles. The molecule has 9 heteroatoms. The third-order valence-corrected chi connectivity index (χ3v) is 6.84. The number of halogens is 2. The quantitative estimate of drug-likeness (QED) is 0.421. The molecular weight excluding hydrogens is 450 g/mol. The van der Waals surface area contributed by atoms with Crippen LogP contribution in [0.25, 0.3) is 16.8 Å². The van der Waals surface area contributed by atoms with Crippen LogP contribution in [0.5, 0.6) is 0 Å². The standard InChI is InChI=1S/C26H28F2N6O/c1-14-8-19(27)24(20(28)9-14)22-5-4-17-12-31-26(34(17)33-22)32-23-13-30-7-6-18(23)16-10-15(2)25(35-3)21(29)11-16/h4-9,12-13,15-16,21,25H,10-11,29H2,1-3H3,(H,31,32). The van der Waals surface area contributed by atoms with Crippen LogP contribution in [0.3, 0.4) is 0 Å². The van der Waals surface area contributed by atoms with Gasteiger partial charge in [0.05, 0.1) is 41.0 Å². The maximum absolute atomic E-state index is 14.6. The highest BCUT2D eigenvalue weighted by Crippen LogP contribution is 2.40. The van der Waals surface area contributed by atoms with E-state index in [1.165, 1.54) is 12.1 Å². The van der Waals surface area contributed by atoms with Gasteiger partial charge >= 0.3 is 0 Å². The molecule has 35 heavy (non-hydrogen) atoms. The predicted molar refractivity (Wildman–Crippen MR) is 131 cm³/mol. The number of hydrogen-bond acceptors (Lipinski definition) is 6. The summed E-state index contributed by atoms with van der Waals surface area (Å²) in [6.45, 7) is 3.80. The Morgan fingerprint density at radius 3 is 2.60 bits per heavy atom. The van der Waals surface area contributed by atoms with Crippen molar-refractivity contribution in [3.8, 4) is 11.3 Å². The molecule has 4 atom stereocenters. The average Bonchev–Trinajstić information content (AvgIpc) is 3.20. The van der Waals surface area contributed by atoms with E-state index in [2.05, 4.69) is 27.3 Å². The van der Waals surface area contributed by atoms with E-state index in [4.69, 9.17) is 10.5 Å². The topological polar surface area (TPSA) is 90.4 Å². The first-order valence-corrected chi connectivity index (χ1v) is 11.7. The average molecular weight is 479 g/mol. The number of anilines is 2. The van der Waals surface area contributed by atoms with E-state index < -0.39 is 11.6 Å². The minimum atomic E-state index is -0.657. The Balaban J connectivity index is 1.49. The number of imidazole rings is 1. The van der Waals surface area contributed by atoms with Crippen molar-refractivity contribution < 1.29 is 13.5 Å². The van der Waals surface area contributed by atoms with E-state index in [-0.39, 0.29) is 29.3 Å². The van der Waals surface area contributed by atoms with Crippen molar-refractivity contribution in [2.75, 3.05) is 12.4 Å². The molecule has 0 aliphatic heterocycles. The minimum absolute atomic E-state index is 0.0333. The van der Waals surface area contributed by atoms with E-state index in [0.29, 0.717) is 22.9 Å². The summed E-state index contributed by atoms with van der Waals surface area (Å²) in [6, 6.07) is 7.84. The number of fused-ring (bicyclic) bond motifs is 1. The van der Waals surface area contributed by atoms with Gasteiger partial charge in [-0.25, -0.2) is 13.8 Å². The molecule has 1 aliphatic rings. The normalized spacial score (nSPS) is 22.5. The Kier molecular flexibility index (Phi) is 6.21. The lowest BCUT2D eigenvalue weighted by molar-refractivity contribution is 0.00984. The van der Waals surface area contributed by atoms with Crippen LogP contribution in [0.2, 0.25) is 0 Å². The highest BCUT2D eigenvalue weighted by atomic mass is 19.1. The van der Waals surface area contributed by atoms with Gasteiger partial charge in [0.1, 0.15) is 11.6 Å². The first-order valence-electron chi connectivity index (χ1n) is 11.7. The molecule has 1 aliphatic carbocycles. The first-order chi connectivity index (χ1) is 16.9. The summed E-state index contributed by atoms with van der Waals surface area (Å²) in [5.74, 6) is -0.355. The molecule has 3 heterocycles. The van der Waals surface area contributed by atoms with Gasteiger partial charge in [-0.3, -0.25) is 4.98 Å². The molecular formula is C26H28F2N6O. The fraction of sp³-hybridized carbons (Fsp3) is 0.346. The highest BCUT2D eigenvalue weighted by Gasteiger charge is 2.35. The van der Waals surface area contributed by atoms with Crippen LogP contribution in [-0.2, 0) is 4.74 Å². The van der Waals surface area contributed by atoms with E-state index in [9.17, 15) is 8.78 Å². The van der Waals surface area contributed by atoms with Crippen LogP contribution >= 0.6 is 0 Å². The molecule has 4 unspecified atom stereocenters. The Hall–Kier alpha value is -3.43. The maximum Gasteiger partial charge on any atom is 0.229 e. The number of hydrogen-bond donors (Lipinski definition) is 2. The van der Waals surface area contributed by atoms with Crippen LogP contribution < -0.4 is 11.1 Å². The number of ether oxygens (including phenoxy) is 1. The van der Waals surface area contributed by atoms with Gasteiger partial charge in [0, 0.05) is 19.3 Å².